The molecule has 0 saturated carbocycles. The van der Waals surface area contributed by atoms with Crippen LogP contribution in [0.15, 0.2) is 0 Å². The zero-order chi connectivity index (χ0) is 10.2. The van der Waals surface area contributed by atoms with Crippen LogP contribution in [0.25, 0.3) is 0 Å². The van der Waals surface area contributed by atoms with Gasteiger partial charge in [0.15, 0.2) is 15.1 Å². The van der Waals surface area contributed by atoms with E-state index in [0.29, 0.717) is 0 Å². The molecule has 5 nitrogen and oxygen atoms in total. The number of carboxylic acid groups (broad SMARTS) is 1. The van der Waals surface area contributed by atoms with Gasteiger partial charge < -0.3 is 5.11 Å². The van der Waals surface area contributed by atoms with Gasteiger partial charge in [-0.15, -0.1) is 0 Å². The van der Waals surface area contributed by atoms with Crippen molar-refractivity contribution in [2.45, 2.75) is 30.3 Å². The van der Waals surface area contributed by atoms with Crippen LogP contribution in [0.1, 0.15) is 19.8 Å². The van der Waals surface area contributed by atoms with Gasteiger partial charge in [0.05, 0.1) is 0 Å². The quantitative estimate of drug-likeness (QED) is 0.664. The molecule has 1 fully saturated rings. The largest absolute Gasteiger partial charge is 0.480 e. The number of sulfone groups is 1. The number of carboxylic acids is 1. The average Bonchev–Trinajstić information content (AvgIpc) is 2.24. The van der Waals surface area contributed by atoms with Crippen LogP contribution < -0.4 is 0 Å². The van der Waals surface area contributed by atoms with Gasteiger partial charge >= 0.3 is 5.97 Å². The third-order valence-corrected chi connectivity index (χ3v) is 4.80. The molecule has 6 heteroatoms. The molecule has 0 spiro atoms. The highest BCUT2D eigenvalue weighted by Crippen LogP contribution is 2.27. The van der Waals surface area contributed by atoms with E-state index in [1.54, 1.807) is 0 Å². The Morgan fingerprint density at radius 1 is 1.23 bits per heavy atom. The first-order valence-corrected chi connectivity index (χ1v) is 5.44. The van der Waals surface area contributed by atoms with Crippen LogP contribution in [-0.4, -0.2) is 35.8 Å². The number of carbonyl (C=O) groups is 2. The van der Waals surface area contributed by atoms with Crippen LogP contribution in [0, 0.1) is 0 Å². The van der Waals surface area contributed by atoms with Gasteiger partial charge in [0, 0.05) is 0 Å². The van der Waals surface area contributed by atoms with Gasteiger partial charge in [0.25, 0.3) is 0 Å². The second kappa shape index (κ2) is 3.10. The fourth-order valence-corrected chi connectivity index (χ4v) is 3.60. The van der Waals surface area contributed by atoms with E-state index in [-0.39, 0.29) is 12.8 Å². The maximum atomic E-state index is 11.4. The zero-order valence-electron chi connectivity index (χ0n) is 7.06. The summed E-state index contributed by atoms with van der Waals surface area (Å²) < 4.78 is 22.7. The van der Waals surface area contributed by atoms with E-state index in [1.807, 2.05) is 0 Å². The summed E-state index contributed by atoms with van der Waals surface area (Å²) in [6, 6.07) is 0. The molecule has 0 aliphatic carbocycles. The molecule has 0 aromatic carbocycles. The molecule has 1 aliphatic rings. The average molecular weight is 206 g/mol. The molecule has 1 rings (SSSR count). The van der Waals surface area contributed by atoms with Crippen molar-refractivity contribution in [3.63, 3.8) is 0 Å². The number of carbonyl (C=O) groups excluding carboxylic acids is 1. The predicted octanol–water partition coefficient (Wildman–Crippen LogP) is -0.394. The van der Waals surface area contributed by atoms with Crippen molar-refractivity contribution in [3.8, 4) is 0 Å². The van der Waals surface area contributed by atoms with Crippen molar-refractivity contribution >= 4 is 21.6 Å². The molecule has 0 aromatic rings. The van der Waals surface area contributed by atoms with Gasteiger partial charge in [-0.1, -0.05) is 0 Å². The Kier molecular flexibility index (Phi) is 2.42. The van der Waals surface area contributed by atoms with Gasteiger partial charge in [-0.3, -0.25) is 9.59 Å². The number of rotatable bonds is 2. The third kappa shape index (κ3) is 1.58. The van der Waals surface area contributed by atoms with E-state index in [4.69, 9.17) is 5.11 Å². The molecule has 1 heterocycles. The smallest absolute Gasteiger partial charge is 0.321 e. The lowest BCUT2D eigenvalue weighted by molar-refractivity contribution is -0.136. The molecule has 2 unspecified atom stereocenters. The summed E-state index contributed by atoms with van der Waals surface area (Å²) in [6.07, 6.45) is 0.177. The highest BCUT2D eigenvalue weighted by molar-refractivity contribution is 7.94. The van der Waals surface area contributed by atoms with Crippen LogP contribution in [0.4, 0.5) is 0 Å². The molecule has 0 radical (unpaired) electrons. The van der Waals surface area contributed by atoms with Gasteiger partial charge in [0.1, 0.15) is 11.0 Å². The summed E-state index contributed by atoms with van der Waals surface area (Å²) in [7, 11) is -3.78. The minimum absolute atomic E-state index is 0.0436. The highest BCUT2D eigenvalue weighted by Gasteiger charge is 2.47. The first-order chi connectivity index (χ1) is 5.87. The van der Waals surface area contributed by atoms with Crippen molar-refractivity contribution in [1.29, 1.82) is 0 Å². The Balaban J connectivity index is 3.03. The molecule has 13 heavy (non-hydrogen) atoms. The molecule has 74 valence electrons. The topological polar surface area (TPSA) is 88.5 Å². The molecule has 1 aliphatic heterocycles. The van der Waals surface area contributed by atoms with E-state index < -0.39 is 32.1 Å². The van der Waals surface area contributed by atoms with E-state index in [0.717, 1.165) is 0 Å². The summed E-state index contributed by atoms with van der Waals surface area (Å²) in [4.78, 5) is 21.4. The van der Waals surface area contributed by atoms with Crippen molar-refractivity contribution < 1.29 is 23.1 Å². The number of Topliss-reactive ketones (excluding diaryl/α,β-unsaturated/α-hetero) is 1. The van der Waals surface area contributed by atoms with Crippen LogP contribution >= 0.6 is 0 Å². The lowest BCUT2D eigenvalue weighted by Crippen LogP contribution is -2.32. The second-order valence-electron chi connectivity index (χ2n) is 3.09. The fourth-order valence-electron chi connectivity index (χ4n) is 1.53. The van der Waals surface area contributed by atoms with Crippen molar-refractivity contribution in [1.82, 2.24) is 0 Å². The number of ketones is 1. The van der Waals surface area contributed by atoms with E-state index >= 15 is 0 Å². The highest BCUT2D eigenvalue weighted by atomic mass is 32.2. The van der Waals surface area contributed by atoms with Crippen molar-refractivity contribution in [3.05, 3.63) is 0 Å². The van der Waals surface area contributed by atoms with Crippen LogP contribution in [0.3, 0.4) is 0 Å². The maximum absolute atomic E-state index is 11.4. The van der Waals surface area contributed by atoms with Crippen LogP contribution in [0.5, 0.6) is 0 Å². The molecule has 2 atom stereocenters. The standard InChI is InChI=1S/C7H10O5S/c1-4(8)5-2-3-6(7(9)10)13(5,11)12/h5-6H,2-3H2,1H3,(H,9,10). The number of hydrogen-bond acceptors (Lipinski definition) is 4. The summed E-state index contributed by atoms with van der Waals surface area (Å²) in [5, 5.41) is 6.07. The molecule has 0 amide bonds. The van der Waals surface area contributed by atoms with Crippen molar-refractivity contribution in [2.75, 3.05) is 0 Å². The maximum Gasteiger partial charge on any atom is 0.321 e. The van der Waals surface area contributed by atoms with Gasteiger partial charge in [0.2, 0.25) is 0 Å². The van der Waals surface area contributed by atoms with Gasteiger partial charge in [-0.05, 0) is 19.8 Å². The van der Waals surface area contributed by atoms with Crippen LogP contribution in [0.2, 0.25) is 0 Å². The first-order valence-electron chi connectivity index (χ1n) is 3.83. The molecule has 1 N–H and O–H groups in total. The van der Waals surface area contributed by atoms with Gasteiger partial charge in [-0.2, -0.15) is 0 Å². The Morgan fingerprint density at radius 2 is 1.69 bits per heavy atom. The van der Waals surface area contributed by atoms with E-state index in [1.165, 1.54) is 6.92 Å². The molecular formula is C7H10O5S. The predicted molar refractivity (Wildman–Crippen MR) is 44.0 cm³/mol. The summed E-state index contributed by atoms with van der Waals surface area (Å²) in [6.45, 7) is 1.17. The Hall–Kier alpha value is -0.910. The lowest BCUT2D eigenvalue weighted by atomic mass is 10.1. The number of hydrogen-bond donors (Lipinski definition) is 1. The minimum Gasteiger partial charge on any atom is -0.480 e. The lowest BCUT2D eigenvalue weighted by Gasteiger charge is -2.06. The second-order valence-corrected chi connectivity index (χ2v) is 5.41. The summed E-state index contributed by atoms with van der Waals surface area (Å²) >= 11 is 0. The Morgan fingerprint density at radius 3 is 1.92 bits per heavy atom. The fraction of sp³-hybridized carbons (Fsp3) is 0.714. The number of aliphatic carboxylic acids is 1. The van der Waals surface area contributed by atoms with Crippen molar-refractivity contribution in [2.24, 2.45) is 0 Å². The normalized spacial score (nSPS) is 31.5. The van der Waals surface area contributed by atoms with E-state index in [9.17, 15) is 18.0 Å². The zero-order valence-corrected chi connectivity index (χ0v) is 7.87. The monoisotopic (exact) mass is 206 g/mol. The molecule has 1 saturated heterocycles. The molecule has 0 aromatic heterocycles. The Bertz CT molecular complexity index is 314. The molecular weight excluding hydrogens is 196 g/mol. The summed E-state index contributed by atoms with van der Waals surface area (Å²) in [5.41, 5.74) is 0. The van der Waals surface area contributed by atoms with Crippen LogP contribution in [-0.2, 0) is 19.4 Å². The first kappa shape index (κ1) is 10.2. The van der Waals surface area contributed by atoms with Gasteiger partial charge in [-0.25, -0.2) is 8.42 Å². The third-order valence-electron chi connectivity index (χ3n) is 2.21. The molecule has 0 bridgehead atoms. The SMILES string of the molecule is CC(=O)C1CCC(C(=O)O)S1(=O)=O. The van der Waals surface area contributed by atoms with E-state index in [2.05, 4.69) is 0 Å². The minimum atomic E-state index is -3.78. The Labute approximate surface area is 75.7 Å². The summed E-state index contributed by atoms with van der Waals surface area (Å²) in [5.74, 6) is -1.83.